The number of alkyl halides is 3. The first-order chi connectivity index (χ1) is 17.3. The molecule has 0 radical (unpaired) electrons. The molecule has 4 heterocycles. The third kappa shape index (κ3) is 4.93. The first-order valence-electron chi connectivity index (χ1n) is 10.9. The zero-order valence-electron chi connectivity index (χ0n) is 18.9. The van der Waals surface area contributed by atoms with Crippen LogP contribution in [0, 0.1) is 0 Å². The number of anilines is 1. The summed E-state index contributed by atoms with van der Waals surface area (Å²) in [5, 5.41) is 12.3. The molecule has 0 bridgehead atoms. The van der Waals surface area contributed by atoms with Gasteiger partial charge in [-0.2, -0.15) is 23.4 Å². The Morgan fingerprint density at radius 3 is 2.67 bits per heavy atom. The number of hydrogen-bond acceptors (Lipinski definition) is 6. The van der Waals surface area contributed by atoms with Crippen LogP contribution >= 0.6 is 11.3 Å². The molecule has 36 heavy (non-hydrogen) atoms. The highest BCUT2D eigenvalue weighted by molar-refractivity contribution is 7.13. The van der Waals surface area contributed by atoms with Crippen molar-refractivity contribution in [3.8, 4) is 16.3 Å². The number of fused-ring (bicyclic) bond motifs is 1. The number of nitrogens with one attached hydrogen (secondary N) is 1. The van der Waals surface area contributed by atoms with Crippen LogP contribution in [-0.2, 0) is 19.3 Å². The van der Waals surface area contributed by atoms with Crippen molar-refractivity contribution in [2.75, 3.05) is 5.32 Å². The molecular weight excluding hydrogens is 493 g/mol. The van der Waals surface area contributed by atoms with Gasteiger partial charge in [0.1, 0.15) is 5.75 Å². The molecule has 1 N–H and O–H groups in total. The van der Waals surface area contributed by atoms with Crippen LogP contribution in [0.5, 0.6) is 5.75 Å². The standard InChI is InChI=1S/C24H19F3N6O2S/c1-2-15-5-7-17(8-6-15)35-14-32-13-16(12-28-32)29-23(34)19-11-22-30-18(20-4-3-9-36-20)10-21(24(25,26)27)33(22)31-19/h3-13H,2,14H2,1H3,(H,29,34). The summed E-state index contributed by atoms with van der Waals surface area (Å²) in [7, 11) is 0. The quantitative estimate of drug-likeness (QED) is 0.310. The first kappa shape index (κ1) is 23.5. The Morgan fingerprint density at radius 2 is 1.97 bits per heavy atom. The average Bonchev–Trinajstić information content (AvgIpc) is 3.62. The average molecular weight is 513 g/mol. The van der Waals surface area contributed by atoms with Gasteiger partial charge in [0, 0.05) is 6.07 Å². The molecule has 184 valence electrons. The minimum atomic E-state index is -4.69. The Hall–Kier alpha value is -4.19. The van der Waals surface area contributed by atoms with Crippen LogP contribution in [0.1, 0.15) is 28.7 Å². The maximum absolute atomic E-state index is 13.7. The topological polar surface area (TPSA) is 86.3 Å². The van der Waals surface area contributed by atoms with Crippen molar-refractivity contribution in [2.45, 2.75) is 26.3 Å². The molecule has 8 nitrogen and oxygen atoms in total. The Labute approximate surface area is 207 Å². The van der Waals surface area contributed by atoms with Gasteiger partial charge in [-0.25, -0.2) is 14.2 Å². The minimum Gasteiger partial charge on any atom is -0.471 e. The molecule has 5 aromatic rings. The summed E-state index contributed by atoms with van der Waals surface area (Å²) in [5.74, 6) is -0.0187. The van der Waals surface area contributed by atoms with Gasteiger partial charge in [0.15, 0.2) is 23.8 Å². The van der Waals surface area contributed by atoms with Crippen LogP contribution in [0.3, 0.4) is 0 Å². The number of benzene rings is 1. The summed E-state index contributed by atoms with van der Waals surface area (Å²) in [6.07, 6.45) is -0.808. The Bertz CT molecular complexity index is 1510. The van der Waals surface area contributed by atoms with Crippen molar-refractivity contribution in [3.05, 3.63) is 83.3 Å². The van der Waals surface area contributed by atoms with Gasteiger partial charge in [0.2, 0.25) is 0 Å². The van der Waals surface area contributed by atoms with Gasteiger partial charge in [-0.3, -0.25) is 4.79 Å². The number of amides is 1. The number of thiophene rings is 1. The van der Waals surface area contributed by atoms with E-state index >= 15 is 0 Å². The molecule has 0 atom stereocenters. The molecule has 0 aliphatic carbocycles. The molecule has 0 unspecified atom stereocenters. The van der Waals surface area contributed by atoms with E-state index in [9.17, 15) is 18.0 Å². The van der Waals surface area contributed by atoms with Crippen molar-refractivity contribution < 1.29 is 22.7 Å². The highest BCUT2D eigenvalue weighted by atomic mass is 32.1. The van der Waals surface area contributed by atoms with Gasteiger partial charge in [0.25, 0.3) is 5.91 Å². The number of carbonyl (C=O) groups is 1. The number of rotatable bonds is 7. The van der Waals surface area contributed by atoms with E-state index in [1.807, 2.05) is 24.3 Å². The van der Waals surface area contributed by atoms with E-state index in [-0.39, 0.29) is 23.8 Å². The summed E-state index contributed by atoms with van der Waals surface area (Å²) < 4.78 is 49.0. The summed E-state index contributed by atoms with van der Waals surface area (Å²) >= 11 is 1.27. The van der Waals surface area contributed by atoms with E-state index in [4.69, 9.17) is 4.74 Å². The lowest BCUT2D eigenvalue weighted by molar-refractivity contribution is -0.142. The van der Waals surface area contributed by atoms with Crippen molar-refractivity contribution >= 4 is 28.6 Å². The maximum Gasteiger partial charge on any atom is 0.433 e. The highest BCUT2D eigenvalue weighted by Gasteiger charge is 2.35. The van der Waals surface area contributed by atoms with E-state index in [1.165, 1.54) is 33.8 Å². The van der Waals surface area contributed by atoms with Crippen LogP contribution in [0.2, 0.25) is 0 Å². The van der Waals surface area contributed by atoms with E-state index in [0.717, 1.165) is 12.5 Å². The molecule has 1 aromatic carbocycles. The lowest BCUT2D eigenvalue weighted by Crippen LogP contribution is -2.15. The van der Waals surface area contributed by atoms with Crippen molar-refractivity contribution in [3.63, 3.8) is 0 Å². The third-order valence-electron chi connectivity index (χ3n) is 5.31. The van der Waals surface area contributed by atoms with Crippen LogP contribution in [0.25, 0.3) is 16.2 Å². The fraction of sp³-hybridized carbons (Fsp3) is 0.167. The molecule has 12 heteroatoms. The lowest BCUT2D eigenvalue weighted by Gasteiger charge is -2.10. The van der Waals surface area contributed by atoms with E-state index in [1.54, 1.807) is 23.7 Å². The largest absolute Gasteiger partial charge is 0.471 e. The molecular formula is C24H19F3N6O2S. The summed E-state index contributed by atoms with van der Waals surface area (Å²) in [5.41, 5.74) is 0.367. The van der Waals surface area contributed by atoms with Gasteiger partial charge < -0.3 is 10.1 Å². The summed E-state index contributed by atoms with van der Waals surface area (Å²) in [4.78, 5) is 17.6. The van der Waals surface area contributed by atoms with Gasteiger partial charge in [-0.15, -0.1) is 11.3 Å². The Morgan fingerprint density at radius 1 is 1.17 bits per heavy atom. The SMILES string of the molecule is CCc1ccc(OCn2cc(NC(=O)c3cc4nc(-c5cccs5)cc(C(F)(F)F)n4n3)cn2)cc1. The number of aromatic nitrogens is 5. The van der Waals surface area contributed by atoms with Gasteiger partial charge in [0.05, 0.1) is 28.7 Å². The number of carbonyl (C=O) groups excluding carboxylic acids is 1. The Kier molecular flexibility index (Phi) is 6.18. The van der Waals surface area contributed by atoms with E-state index in [2.05, 4.69) is 27.4 Å². The van der Waals surface area contributed by atoms with Crippen LogP contribution in [0.15, 0.2) is 66.3 Å². The first-order valence-corrected chi connectivity index (χ1v) is 11.8. The normalized spacial score (nSPS) is 11.7. The molecule has 0 spiro atoms. The Balaban J connectivity index is 1.33. The molecule has 4 aromatic heterocycles. The number of ether oxygens (including phenoxy) is 1. The molecule has 0 saturated heterocycles. The second-order valence-electron chi connectivity index (χ2n) is 7.79. The molecule has 5 rings (SSSR count). The van der Waals surface area contributed by atoms with Crippen LogP contribution in [-0.4, -0.2) is 30.3 Å². The second kappa shape index (κ2) is 9.46. The van der Waals surface area contributed by atoms with Crippen LogP contribution < -0.4 is 10.1 Å². The lowest BCUT2D eigenvalue weighted by atomic mass is 10.2. The van der Waals surface area contributed by atoms with Gasteiger partial charge in [-0.1, -0.05) is 25.1 Å². The number of aryl methyl sites for hydroxylation is 1. The van der Waals surface area contributed by atoms with Gasteiger partial charge >= 0.3 is 6.18 Å². The van der Waals surface area contributed by atoms with Crippen molar-refractivity contribution in [2.24, 2.45) is 0 Å². The monoisotopic (exact) mass is 512 g/mol. The predicted octanol–water partition coefficient (Wildman–Crippen LogP) is 5.52. The second-order valence-corrected chi connectivity index (χ2v) is 8.74. The zero-order chi connectivity index (χ0) is 25.3. The number of hydrogen-bond donors (Lipinski definition) is 1. The third-order valence-corrected chi connectivity index (χ3v) is 6.20. The summed E-state index contributed by atoms with van der Waals surface area (Å²) in [6, 6.07) is 13.2. The maximum atomic E-state index is 13.7. The van der Waals surface area contributed by atoms with Crippen molar-refractivity contribution in [1.29, 1.82) is 0 Å². The predicted molar refractivity (Wildman–Crippen MR) is 128 cm³/mol. The van der Waals surface area contributed by atoms with Crippen LogP contribution in [0.4, 0.5) is 18.9 Å². The highest BCUT2D eigenvalue weighted by Crippen LogP contribution is 2.33. The van der Waals surface area contributed by atoms with E-state index < -0.39 is 17.8 Å². The minimum absolute atomic E-state index is 0.0865. The summed E-state index contributed by atoms with van der Waals surface area (Å²) in [6.45, 7) is 2.18. The smallest absolute Gasteiger partial charge is 0.433 e. The fourth-order valence-electron chi connectivity index (χ4n) is 3.49. The molecule has 1 amide bonds. The molecule has 0 aliphatic rings. The van der Waals surface area contributed by atoms with Gasteiger partial charge in [-0.05, 0) is 41.6 Å². The number of halogens is 3. The number of nitrogens with zero attached hydrogens (tertiary/aromatic N) is 5. The molecule has 0 saturated carbocycles. The molecule has 0 fully saturated rings. The fourth-order valence-corrected chi connectivity index (χ4v) is 4.18. The zero-order valence-corrected chi connectivity index (χ0v) is 19.7. The van der Waals surface area contributed by atoms with E-state index in [0.29, 0.717) is 20.8 Å². The molecule has 0 aliphatic heterocycles. The van der Waals surface area contributed by atoms with Crippen molar-refractivity contribution in [1.82, 2.24) is 24.4 Å².